The lowest BCUT2D eigenvalue weighted by atomic mass is 10.2. The SMILES string of the molecule is COC(=O)CCCCCNC(=O)c1snnc1C. The third kappa shape index (κ3) is 4.79. The number of aromatic nitrogens is 2. The van der Waals surface area contributed by atoms with Crippen molar-refractivity contribution in [2.75, 3.05) is 13.7 Å². The molecule has 0 bridgehead atoms. The molecule has 0 radical (unpaired) electrons. The van der Waals surface area contributed by atoms with E-state index in [1.165, 1.54) is 7.11 Å². The van der Waals surface area contributed by atoms with Crippen LogP contribution in [0.3, 0.4) is 0 Å². The number of hydrogen-bond donors (Lipinski definition) is 1. The Kier molecular flexibility index (Phi) is 6.27. The molecule has 0 fully saturated rings. The topological polar surface area (TPSA) is 81.2 Å². The summed E-state index contributed by atoms with van der Waals surface area (Å²) in [6, 6.07) is 0. The molecule has 1 aromatic heterocycles. The van der Waals surface area contributed by atoms with Crippen LogP contribution < -0.4 is 5.32 Å². The van der Waals surface area contributed by atoms with E-state index in [1.54, 1.807) is 6.92 Å². The lowest BCUT2D eigenvalue weighted by molar-refractivity contribution is -0.140. The minimum Gasteiger partial charge on any atom is -0.469 e. The summed E-state index contributed by atoms with van der Waals surface area (Å²) >= 11 is 1.10. The van der Waals surface area contributed by atoms with Crippen molar-refractivity contribution in [1.82, 2.24) is 14.9 Å². The first-order valence-electron chi connectivity index (χ1n) is 5.79. The number of amides is 1. The second kappa shape index (κ2) is 7.75. The van der Waals surface area contributed by atoms with Gasteiger partial charge in [0.2, 0.25) is 0 Å². The summed E-state index contributed by atoms with van der Waals surface area (Å²) < 4.78 is 8.24. The molecular weight excluding hydrogens is 254 g/mol. The number of aryl methyl sites for hydroxylation is 1. The predicted molar refractivity (Wildman–Crippen MR) is 67.5 cm³/mol. The summed E-state index contributed by atoms with van der Waals surface area (Å²) in [6.45, 7) is 2.35. The van der Waals surface area contributed by atoms with Crippen molar-refractivity contribution < 1.29 is 14.3 Å². The molecule has 0 saturated carbocycles. The molecule has 0 aliphatic carbocycles. The van der Waals surface area contributed by atoms with Gasteiger partial charge in [-0.25, -0.2) is 0 Å². The number of rotatable bonds is 7. The fraction of sp³-hybridized carbons (Fsp3) is 0.636. The maximum absolute atomic E-state index is 11.7. The van der Waals surface area contributed by atoms with Crippen molar-refractivity contribution in [3.05, 3.63) is 10.6 Å². The molecule has 18 heavy (non-hydrogen) atoms. The summed E-state index contributed by atoms with van der Waals surface area (Å²) in [5.41, 5.74) is 0.656. The number of unbranched alkanes of at least 4 members (excludes halogenated alkanes) is 2. The summed E-state index contributed by atoms with van der Waals surface area (Å²) in [5, 5.41) is 6.58. The maximum Gasteiger partial charge on any atom is 0.305 e. The average molecular weight is 271 g/mol. The molecule has 0 aliphatic heterocycles. The van der Waals surface area contributed by atoms with Gasteiger partial charge in [0.25, 0.3) is 5.91 Å². The van der Waals surface area contributed by atoms with Crippen molar-refractivity contribution >= 4 is 23.4 Å². The number of methoxy groups -OCH3 is 1. The smallest absolute Gasteiger partial charge is 0.305 e. The van der Waals surface area contributed by atoms with E-state index in [9.17, 15) is 9.59 Å². The maximum atomic E-state index is 11.7. The summed E-state index contributed by atoms with van der Waals surface area (Å²) in [6.07, 6.45) is 2.94. The third-order valence-electron chi connectivity index (χ3n) is 2.43. The van der Waals surface area contributed by atoms with Crippen LogP contribution in [0.1, 0.15) is 41.0 Å². The number of nitrogens with one attached hydrogen (secondary N) is 1. The standard InChI is InChI=1S/C11H17N3O3S/c1-8-10(18-14-13-8)11(16)12-7-5-3-4-6-9(15)17-2/h3-7H2,1-2H3,(H,12,16). The Morgan fingerprint density at radius 3 is 2.72 bits per heavy atom. The van der Waals surface area contributed by atoms with Crippen molar-refractivity contribution in [2.24, 2.45) is 0 Å². The van der Waals surface area contributed by atoms with Gasteiger partial charge in [-0.3, -0.25) is 9.59 Å². The van der Waals surface area contributed by atoms with Crippen molar-refractivity contribution in [1.29, 1.82) is 0 Å². The van der Waals surface area contributed by atoms with Gasteiger partial charge in [-0.1, -0.05) is 10.9 Å². The van der Waals surface area contributed by atoms with Crippen LogP contribution in [0.4, 0.5) is 0 Å². The van der Waals surface area contributed by atoms with Gasteiger partial charge in [-0.15, -0.1) is 5.10 Å². The Balaban J connectivity index is 2.10. The molecule has 1 amide bonds. The van der Waals surface area contributed by atoms with Gasteiger partial charge in [-0.2, -0.15) is 0 Å². The van der Waals surface area contributed by atoms with E-state index in [0.717, 1.165) is 30.8 Å². The van der Waals surface area contributed by atoms with Crippen molar-refractivity contribution in [2.45, 2.75) is 32.6 Å². The van der Waals surface area contributed by atoms with Crippen LogP contribution in [-0.2, 0) is 9.53 Å². The zero-order valence-electron chi connectivity index (χ0n) is 10.6. The molecular formula is C11H17N3O3S. The lowest BCUT2D eigenvalue weighted by Gasteiger charge is -2.03. The lowest BCUT2D eigenvalue weighted by Crippen LogP contribution is -2.24. The largest absolute Gasteiger partial charge is 0.469 e. The minimum absolute atomic E-state index is 0.129. The van der Waals surface area contributed by atoms with Gasteiger partial charge in [0, 0.05) is 13.0 Å². The normalized spacial score (nSPS) is 10.1. The van der Waals surface area contributed by atoms with Crippen LogP contribution in [0.5, 0.6) is 0 Å². The fourth-order valence-electron chi connectivity index (χ4n) is 1.40. The van der Waals surface area contributed by atoms with E-state index in [4.69, 9.17) is 0 Å². The number of nitrogens with zero attached hydrogens (tertiary/aromatic N) is 2. The first-order valence-corrected chi connectivity index (χ1v) is 6.56. The van der Waals surface area contributed by atoms with E-state index >= 15 is 0 Å². The highest BCUT2D eigenvalue weighted by Crippen LogP contribution is 2.08. The Morgan fingerprint density at radius 2 is 2.11 bits per heavy atom. The highest BCUT2D eigenvalue weighted by molar-refractivity contribution is 7.07. The molecule has 6 nitrogen and oxygen atoms in total. The molecule has 1 N–H and O–H groups in total. The first-order chi connectivity index (χ1) is 8.65. The van der Waals surface area contributed by atoms with Crippen LogP contribution in [-0.4, -0.2) is 35.1 Å². The van der Waals surface area contributed by atoms with Gasteiger partial charge in [0.1, 0.15) is 4.88 Å². The van der Waals surface area contributed by atoms with Gasteiger partial charge >= 0.3 is 5.97 Å². The quantitative estimate of drug-likeness (QED) is 0.597. The summed E-state index contributed by atoms with van der Waals surface area (Å²) in [4.78, 5) is 23.1. The van der Waals surface area contributed by atoms with Crippen LogP contribution >= 0.6 is 11.5 Å². The predicted octanol–water partition coefficient (Wildman–Crippen LogP) is 1.31. The molecule has 7 heteroatoms. The summed E-state index contributed by atoms with van der Waals surface area (Å²) in [5.74, 6) is -0.319. The number of carbonyl (C=O) groups excluding carboxylic acids is 2. The molecule has 0 atom stereocenters. The first kappa shape index (κ1) is 14.6. The minimum atomic E-state index is -0.189. The number of ether oxygens (including phenoxy) is 1. The average Bonchev–Trinajstić information content (AvgIpc) is 2.79. The highest BCUT2D eigenvalue weighted by Gasteiger charge is 2.11. The van der Waals surface area contributed by atoms with Crippen LogP contribution in [0, 0.1) is 6.92 Å². The molecule has 0 aliphatic rings. The Labute approximate surface area is 110 Å². The van der Waals surface area contributed by atoms with Gasteiger partial charge in [-0.05, 0) is 31.3 Å². The zero-order chi connectivity index (χ0) is 13.4. The van der Waals surface area contributed by atoms with Crippen LogP contribution in [0.25, 0.3) is 0 Å². The third-order valence-corrected chi connectivity index (χ3v) is 3.26. The molecule has 0 saturated heterocycles. The molecule has 1 heterocycles. The van der Waals surface area contributed by atoms with E-state index in [1.807, 2.05) is 0 Å². The van der Waals surface area contributed by atoms with Crippen molar-refractivity contribution in [3.8, 4) is 0 Å². The second-order valence-electron chi connectivity index (χ2n) is 3.83. The Bertz CT molecular complexity index is 406. The van der Waals surface area contributed by atoms with Crippen molar-refractivity contribution in [3.63, 3.8) is 0 Å². The fourth-order valence-corrected chi connectivity index (χ4v) is 1.97. The van der Waals surface area contributed by atoms with Crippen LogP contribution in [0.15, 0.2) is 0 Å². The van der Waals surface area contributed by atoms with Gasteiger partial charge < -0.3 is 10.1 Å². The van der Waals surface area contributed by atoms with Gasteiger partial charge in [0.15, 0.2) is 0 Å². The molecule has 0 spiro atoms. The number of hydrogen-bond acceptors (Lipinski definition) is 6. The molecule has 100 valence electrons. The number of esters is 1. The number of carbonyl (C=O) groups is 2. The second-order valence-corrected chi connectivity index (χ2v) is 4.58. The molecule has 0 unspecified atom stereocenters. The molecule has 1 rings (SSSR count). The van der Waals surface area contributed by atoms with E-state index < -0.39 is 0 Å². The Morgan fingerprint density at radius 1 is 1.33 bits per heavy atom. The highest BCUT2D eigenvalue weighted by atomic mass is 32.1. The van der Waals surface area contributed by atoms with E-state index in [0.29, 0.717) is 23.5 Å². The zero-order valence-corrected chi connectivity index (χ0v) is 11.4. The Hall–Kier alpha value is -1.50. The van der Waals surface area contributed by atoms with E-state index in [2.05, 4.69) is 19.6 Å². The van der Waals surface area contributed by atoms with E-state index in [-0.39, 0.29) is 11.9 Å². The monoisotopic (exact) mass is 271 g/mol. The van der Waals surface area contributed by atoms with Crippen LogP contribution in [0.2, 0.25) is 0 Å². The molecule has 0 aromatic carbocycles. The molecule has 1 aromatic rings. The summed E-state index contributed by atoms with van der Waals surface area (Å²) in [7, 11) is 1.38. The van der Waals surface area contributed by atoms with Gasteiger partial charge in [0.05, 0.1) is 12.8 Å².